The SMILES string of the molecule is c1ccc(-c2ccc(N(c3ccc(-c4ccc5oc6ccccc6c5c4)cc3)c3ccc(-c4ccc5c6cccc7c8ccccc8n(c5c4)c76)cc3)cc2)cc1. The molecule has 12 rings (SSSR count). The number of para-hydroxylation sites is 3. The van der Waals surface area contributed by atoms with Crippen LogP contribution in [0, 0.1) is 0 Å². The number of nitrogens with zero attached hydrogens (tertiary/aromatic N) is 2. The van der Waals surface area contributed by atoms with E-state index < -0.39 is 0 Å². The van der Waals surface area contributed by atoms with Crippen LogP contribution in [0.25, 0.3) is 93.4 Å². The van der Waals surface area contributed by atoms with Gasteiger partial charge in [-0.1, -0.05) is 140 Å². The highest BCUT2D eigenvalue weighted by molar-refractivity contribution is 6.23. The van der Waals surface area contributed by atoms with E-state index in [0.29, 0.717) is 0 Å². The molecule has 0 bridgehead atoms. The highest BCUT2D eigenvalue weighted by Gasteiger charge is 2.18. The van der Waals surface area contributed by atoms with Crippen molar-refractivity contribution in [2.75, 3.05) is 4.90 Å². The zero-order chi connectivity index (χ0) is 37.5. The lowest BCUT2D eigenvalue weighted by Gasteiger charge is -2.26. The summed E-state index contributed by atoms with van der Waals surface area (Å²) in [7, 11) is 0. The number of fused-ring (bicyclic) bond motifs is 9. The van der Waals surface area contributed by atoms with Gasteiger partial charge in [-0.2, -0.15) is 0 Å². The minimum absolute atomic E-state index is 0.908. The molecular formula is C54H34N2O. The molecule has 266 valence electrons. The Balaban J connectivity index is 0.937. The van der Waals surface area contributed by atoms with Crippen molar-refractivity contribution in [3.63, 3.8) is 0 Å². The van der Waals surface area contributed by atoms with Gasteiger partial charge in [0.15, 0.2) is 0 Å². The van der Waals surface area contributed by atoms with Crippen LogP contribution in [0.3, 0.4) is 0 Å². The van der Waals surface area contributed by atoms with Gasteiger partial charge in [0.2, 0.25) is 0 Å². The van der Waals surface area contributed by atoms with Crippen molar-refractivity contribution < 1.29 is 4.42 Å². The maximum Gasteiger partial charge on any atom is 0.135 e. The molecular weight excluding hydrogens is 693 g/mol. The Labute approximate surface area is 329 Å². The molecule has 57 heavy (non-hydrogen) atoms. The summed E-state index contributed by atoms with van der Waals surface area (Å²) in [5, 5.41) is 7.47. The fraction of sp³-hybridized carbons (Fsp3) is 0. The molecule has 0 amide bonds. The Hall–Kier alpha value is -7.62. The predicted octanol–water partition coefficient (Wildman–Crippen LogP) is 15.2. The van der Waals surface area contributed by atoms with E-state index in [-0.39, 0.29) is 0 Å². The van der Waals surface area contributed by atoms with E-state index in [1.165, 1.54) is 60.3 Å². The molecule has 0 radical (unpaired) electrons. The molecule has 0 aliphatic carbocycles. The summed E-state index contributed by atoms with van der Waals surface area (Å²) < 4.78 is 8.57. The summed E-state index contributed by atoms with van der Waals surface area (Å²) >= 11 is 0. The van der Waals surface area contributed by atoms with Gasteiger partial charge in [-0.05, 0) is 100 Å². The van der Waals surface area contributed by atoms with Crippen molar-refractivity contribution >= 4 is 77.1 Å². The van der Waals surface area contributed by atoms with Crippen LogP contribution in [0.1, 0.15) is 0 Å². The molecule has 0 saturated carbocycles. The molecule has 0 aliphatic rings. The quantitative estimate of drug-likeness (QED) is 0.170. The Morgan fingerprint density at radius 3 is 1.46 bits per heavy atom. The largest absolute Gasteiger partial charge is 0.456 e. The number of anilines is 3. The second kappa shape index (κ2) is 12.5. The first-order valence-corrected chi connectivity index (χ1v) is 19.5. The zero-order valence-corrected chi connectivity index (χ0v) is 30.9. The van der Waals surface area contributed by atoms with E-state index in [1.54, 1.807) is 0 Å². The second-order valence-corrected chi connectivity index (χ2v) is 14.9. The van der Waals surface area contributed by atoms with Gasteiger partial charge in [-0.3, -0.25) is 0 Å². The first-order valence-electron chi connectivity index (χ1n) is 19.5. The van der Waals surface area contributed by atoms with Gasteiger partial charge in [-0.25, -0.2) is 0 Å². The third-order valence-electron chi connectivity index (χ3n) is 11.8. The Morgan fingerprint density at radius 2 is 0.772 bits per heavy atom. The van der Waals surface area contributed by atoms with Crippen LogP contribution >= 0.6 is 0 Å². The molecule has 0 saturated heterocycles. The fourth-order valence-corrected chi connectivity index (χ4v) is 9.00. The molecule has 3 heteroatoms. The molecule has 12 aromatic rings. The van der Waals surface area contributed by atoms with Gasteiger partial charge in [0.1, 0.15) is 11.2 Å². The highest BCUT2D eigenvalue weighted by atomic mass is 16.3. The summed E-state index contributed by atoms with van der Waals surface area (Å²) in [5.74, 6) is 0. The first-order chi connectivity index (χ1) is 28.2. The number of furan rings is 1. The van der Waals surface area contributed by atoms with Gasteiger partial charge in [0.25, 0.3) is 0 Å². The van der Waals surface area contributed by atoms with Crippen molar-refractivity contribution in [1.82, 2.24) is 4.40 Å². The Morgan fingerprint density at radius 1 is 0.298 bits per heavy atom. The van der Waals surface area contributed by atoms with Crippen molar-refractivity contribution in [1.29, 1.82) is 0 Å². The topological polar surface area (TPSA) is 20.8 Å². The Kier molecular flexibility index (Phi) is 6.93. The minimum atomic E-state index is 0.908. The Bertz CT molecular complexity index is 3430. The van der Waals surface area contributed by atoms with Crippen molar-refractivity contribution in [3.05, 3.63) is 206 Å². The van der Waals surface area contributed by atoms with E-state index in [4.69, 9.17) is 4.42 Å². The number of rotatable bonds is 6. The average molecular weight is 727 g/mol. The number of hydrogen-bond acceptors (Lipinski definition) is 2. The summed E-state index contributed by atoms with van der Waals surface area (Å²) in [5.41, 5.74) is 16.0. The van der Waals surface area contributed by atoms with E-state index in [1.807, 2.05) is 12.1 Å². The summed E-state index contributed by atoms with van der Waals surface area (Å²) in [6.45, 7) is 0. The van der Waals surface area contributed by atoms with Crippen LogP contribution in [-0.2, 0) is 0 Å². The molecule has 0 aliphatic heterocycles. The molecule has 3 nitrogen and oxygen atoms in total. The number of aromatic nitrogens is 1. The summed E-state index contributed by atoms with van der Waals surface area (Å²) in [4.78, 5) is 2.34. The van der Waals surface area contributed by atoms with E-state index in [0.717, 1.165) is 50.1 Å². The molecule has 3 aromatic heterocycles. The van der Waals surface area contributed by atoms with Crippen LogP contribution in [0.4, 0.5) is 17.1 Å². The van der Waals surface area contributed by atoms with Crippen LogP contribution in [0.5, 0.6) is 0 Å². The van der Waals surface area contributed by atoms with Crippen LogP contribution in [0.2, 0.25) is 0 Å². The maximum absolute atomic E-state index is 6.11. The van der Waals surface area contributed by atoms with Gasteiger partial charge in [0, 0.05) is 49.4 Å². The van der Waals surface area contributed by atoms with Gasteiger partial charge in [0.05, 0.1) is 16.6 Å². The summed E-state index contributed by atoms with van der Waals surface area (Å²) in [6.07, 6.45) is 0. The fourth-order valence-electron chi connectivity index (χ4n) is 9.00. The van der Waals surface area contributed by atoms with E-state index in [2.05, 4.69) is 203 Å². The number of hydrogen-bond donors (Lipinski definition) is 0. The molecule has 3 heterocycles. The van der Waals surface area contributed by atoms with Crippen molar-refractivity contribution in [2.24, 2.45) is 0 Å². The normalized spacial score (nSPS) is 11.9. The van der Waals surface area contributed by atoms with Gasteiger partial charge >= 0.3 is 0 Å². The lowest BCUT2D eigenvalue weighted by atomic mass is 10.0. The standard InChI is InChI=1S/C54H34N2O/c1-2-9-35(10-3-1)36-17-25-41(26-18-36)55(42-27-19-37(20-28-42)39-24-32-53-49(33-39)46-12-5-7-16-52(46)57-53)43-29-21-38(22-30-43)40-23-31-45-48-14-8-13-47-44-11-4-6-15-50(44)56(54(47)48)51(45)34-40/h1-34H. The molecule has 9 aromatic carbocycles. The predicted molar refractivity (Wildman–Crippen MR) is 239 cm³/mol. The van der Waals surface area contributed by atoms with Crippen LogP contribution < -0.4 is 4.90 Å². The van der Waals surface area contributed by atoms with E-state index in [9.17, 15) is 0 Å². The average Bonchev–Trinajstić information content (AvgIpc) is 3.94. The smallest absolute Gasteiger partial charge is 0.135 e. The van der Waals surface area contributed by atoms with Crippen molar-refractivity contribution in [2.45, 2.75) is 0 Å². The third kappa shape index (κ3) is 4.99. The molecule has 0 atom stereocenters. The van der Waals surface area contributed by atoms with Gasteiger partial charge < -0.3 is 13.7 Å². The van der Waals surface area contributed by atoms with E-state index >= 15 is 0 Å². The lowest BCUT2D eigenvalue weighted by Crippen LogP contribution is -2.09. The monoisotopic (exact) mass is 726 g/mol. The zero-order valence-electron chi connectivity index (χ0n) is 30.9. The highest BCUT2D eigenvalue weighted by Crippen LogP contribution is 2.42. The maximum atomic E-state index is 6.11. The van der Waals surface area contributed by atoms with Crippen LogP contribution in [0.15, 0.2) is 211 Å². The molecule has 0 unspecified atom stereocenters. The number of benzene rings is 9. The second-order valence-electron chi connectivity index (χ2n) is 14.9. The molecule has 0 spiro atoms. The lowest BCUT2D eigenvalue weighted by molar-refractivity contribution is 0.669. The third-order valence-corrected chi connectivity index (χ3v) is 11.8. The van der Waals surface area contributed by atoms with Gasteiger partial charge in [-0.15, -0.1) is 0 Å². The summed E-state index contributed by atoms with van der Waals surface area (Å²) in [6, 6.07) is 74.5. The molecule has 0 fully saturated rings. The molecule has 0 N–H and O–H groups in total. The van der Waals surface area contributed by atoms with Crippen molar-refractivity contribution in [3.8, 4) is 33.4 Å². The van der Waals surface area contributed by atoms with Crippen LogP contribution in [-0.4, -0.2) is 4.40 Å². The minimum Gasteiger partial charge on any atom is -0.456 e. The first kappa shape index (κ1) is 31.7.